The third kappa shape index (κ3) is 23.2. The maximum absolute atomic E-state index is 7.08. The van der Waals surface area contributed by atoms with E-state index in [4.69, 9.17) is 28.0 Å². The van der Waals surface area contributed by atoms with Gasteiger partial charge in [0.2, 0.25) is 0 Å². The molecular weight excluding hydrogens is 274 g/mol. The highest BCUT2D eigenvalue weighted by Crippen LogP contribution is 2.00. The summed E-state index contributed by atoms with van der Waals surface area (Å²) in [6.45, 7) is 14.5. The van der Waals surface area contributed by atoms with Gasteiger partial charge in [0.15, 0.2) is 0 Å². The number of aryl methyl sites for hydroxylation is 1. The molecule has 0 unspecified atom stereocenters. The summed E-state index contributed by atoms with van der Waals surface area (Å²) in [4.78, 5) is 0. The average Bonchev–Trinajstić information content (AvgIpc) is 2.54. The molecule has 0 aliphatic carbocycles. The third-order valence-electron chi connectivity index (χ3n) is 1.78. The van der Waals surface area contributed by atoms with E-state index in [-0.39, 0.29) is 11.7 Å². The van der Waals surface area contributed by atoms with Crippen molar-refractivity contribution in [2.75, 3.05) is 6.54 Å². The van der Waals surface area contributed by atoms with Crippen molar-refractivity contribution in [3.05, 3.63) is 35.4 Å². The second kappa shape index (κ2) is 24.2. The second-order valence-electron chi connectivity index (χ2n) is 3.34. The number of nitrogens with two attached hydrogens (primary N) is 3. The molecule has 0 aromatic heterocycles. The highest BCUT2D eigenvalue weighted by Gasteiger charge is 1.92. The predicted molar refractivity (Wildman–Crippen MR) is 102 cm³/mol. The van der Waals surface area contributed by atoms with Gasteiger partial charge in [0.05, 0.1) is 5.84 Å². The normalized spacial score (nSPS) is 7.27. The molecule has 0 amide bonds. The minimum atomic E-state index is 0.125. The fraction of sp³-hybridized carbons (Fsp3) is 0.529. The molecule has 5 nitrogen and oxygen atoms in total. The predicted octanol–water partition coefficient (Wildman–Crippen LogP) is 3.63. The van der Waals surface area contributed by atoms with E-state index < -0.39 is 0 Å². The largest absolute Gasteiger partial charge is 0.388 e. The zero-order chi connectivity index (χ0) is 18.6. The van der Waals surface area contributed by atoms with Crippen LogP contribution >= 0.6 is 0 Å². The zero-order valence-electron chi connectivity index (χ0n) is 15.5. The Morgan fingerprint density at radius 2 is 1.23 bits per heavy atom. The van der Waals surface area contributed by atoms with Crippen LogP contribution in [0.4, 0.5) is 0 Å². The first kappa shape index (κ1) is 28.3. The standard InChI is InChI=1S/C8H10N2.C3H9N3.3C2H6/c1-6-2-4-7(5-3-6)8(9)10;4-2-1-3(5)6;3*1-2/h2-5H,1H3,(H3,9,10);1-2,4H2,(H3,5,6);3*1-2H3. The summed E-state index contributed by atoms with van der Waals surface area (Å²) in [5, 5.41) is 13.7. The van der Waals surface area contributed by atoms with Crippen molar-refractivity contribution in [1.82, 2.24) is 0 Å². The first-order chi connectivity index (χ1) is 10.5. The molecule has 1 aromatic rings. The van der Waals surface area contributed by atoms with Gasteiger partial charge in [0.25, 0.3) is 0 Å². The van der Waals surface area contributed by atoms with Crippen LogP contribution < -0.4 is 17.2 Å². The van der Waals surface area contributed by atoms with E-state index in [0.717, 1.165) is 5.56 Å². The number of rotatable bonds is 3. The number of nitrogen functional groups attached to an aromatic ring is 1. The van der Waals surface area contributed by atoms with E-state index >= 15 is 0 Å². The lowest BCUT2D eigenvalue weighted by molar-refractivity contribution is 1.02. The molecular formula is C17H37N5. The van der Waals surface area contributed by atoms with Crippen LogP contribution in [0, 0.1) is 17.7 Å². The molecule has 22 heavy (non-hydrogen) atoms. The lowest BCUT2D eigenvalue weighted by atomic mass is 10.1. The van der Waals surface area contributed by atoms with Crippen LogP contribution in [-0.4, -0.2) is 18.2 Å². The molecule has 0 saturated carbocycles. The van der Waals surface area contributed by atoms with Gasteiger partial charge in [-0.2, -0.15) is 0 Å². The van der Waals surface area contributed by atoms with E-state index in [1.165, 1.54) is 5.56 Å². The van der Waals surface area contributed by atoms with Gasteiger partial charge in [-0.25, -0.2) is 0 Å². The van der Waals surface area contributed by atoms with E-state index in [1.807, 2.05) is 72.7 Å². The highest BCUT2D eigenvalue weighted by molar-refractivity contribution is 5.94. The van der Waals surface area contributed by atoms with Crippen molar-refractivity contribution in [2.45, 2.75) is 54.9 Å². The molecule has 0 heterocycles. The number of amidine groups is 2. The number of benzene rings is 1. The van der Waals surface area contributed by atoms with Crippen molar-refractivity contribution in [2.24, 2.45) is 17.2 Å². The fourth-order valence-electron chi connectivity index (χ4n) is 0.889. The first-order valence-electron chi connectivity index (χ1n) is 7.91. The quantitative estimate of drug-likeness (QED) is 0.432. The van der Waals surface area contributed by atoms with Crippen LogP contribution in [0.5, 0.6) is 0 Å². The van der Waals surface area contributed by atoms with Gasteiger partial charge in [-0.15, -0.1) is 0 Å². The molecule has 0 atom stereocenters. The topological polar surface area (TPSA) is 126 Å². The van der Waals surface area contributed by atoms with Crippen molar-refractivity contribution in [3.63, 3.8) is 0 Å². The van der Waals surface area contributed by atoms with E-state index in [9.17, 15) is 0 Å². The minimum Gasteiger partial charge on any atom is -0.388 e. The Morgan fingerprint density at radius 3 is 1.41 bits per heavy atom. The molecule has 0 fully saturated rings. The molecule has 8 N–H and O–H groups in total. The molecule has 5 heteroatoms. The summed E-state index contributed by atoms with van der Waals surface area (Å²) >= 11 is 0. The van der Waals surface area contributed by atoms with Gasteiger partial charge in [-0.1, -0.05) is 71.4 Å². The Bertz CT molecular complexity index is 345. The third-order valence-corrected chi connectivity index (χ3v) is 1.78. The van der Waals surface area contributed by atoms with Crippen molar-refractivity contribution in [1.29, 1.82) is 10.8 Å². The molecule has 0 saturated heterocycles. The van der Waals surface area contributed by atoms with Gasteiger partial charge < -0.3 is 17.2 Å². The zero-order valence-corrected chi connectivity index (χ0v) is 15.5. The SMILES string of the molecule is CC.CC.CC.Cc1ccc(C(=N)N)cc1.N=C(N)CCN. The maximum atomic E-state index is 7.08. The van der Waals surface area contributed by atoms with Crippen LogP contribution in [0.3, 0.4) is 0 Å². The summed E-state index contributed by atoms with van der Waals surface area (Å²) in [5.41, 5.74) is 17.1. The van der Waals surface area contributed by atoms with E-state index in [1.54, 1.807) is 0 Å². The first-order valence-corrected chi connectivity index (χ1v) is 7.91. The molecule has 1 rings (SSSR count). The molecule has 0 radical (unpaired) electrons. The highest BCUT2D eigenvalue weighted by atomic mass is 14.7. The smallest absolute Gasteiger partial charge is 0.122 e. The lowest BCUT2D eigenvalue weighted by Gasteiger charge is -1.96. The van der Waals surface area contributed by atoms with Crippen LogP contribution in [0.1, 0.15) is 59.1 Å². The maximum Gasteiger partial charge on any atom is 0.122 e. The van der Waals surface area contributed by atoms with Crippen LogP contribution in [0.2, 0.25) is 0 Å². The Balaban J connectivity index is -0.000000117. The van der Waals surface area contributed by atoms with Crippen LogP contribution in [0.15, 0.2) is 24.3 Å². The Hall–Kier alpha value is -1.88. The van der Waals surface area contributed by atoms with Crippen LogP contribution in [-0.2, 0) is 0 Å². The van der Waals surface area contributed by atoms with Gasteiger partial charge >= 0.3 is 0 Å². The Labute approximate surface area is 137 Å². The summed E-state index contributed by atoms with van der Waals surface area (Å²) in [7, 11) is 0. The summed E-state index contributed by atoms with van der Waals surface area (Å²) in [6.07, 6.45) is 0.514. The Morgan fingerprint density at radius 1 is 0.864 bits per heavy atom. The van der Waals surface area contributed by atoms with E-state index in [0.29, 0.717) is 13.0 Å². The molecule has 130 valence electrons. The van der Waals surface area contributed by atoms with Gasteiger partial charge in [0, 0.05) is 12.0 Å². The van der Waals surface area contributed by atoms with Gasteiger partial charge in [-0.05, 0) is 13.5 Å². The molecule has 0 spiro atoms. The van der Waals surface area contributed by atoms with E-state index in [2.05, 4.69) is 0 Å². The van der Waals surface area contributed by atoms with Crippen molar-refractivity contribution in [3.8, 4) is 0 Å². The second-order valence-corrected chi connectivity index (χ2v) is 3.34. The summed E-state index contributed by atoms with van der Waals surface area (Å²) < 4.78 is 0. The minimum absolute atomic E-state index is 0.125. The van der Waals surface area contributed by atoms with Crippen LogP contribution in [0.25, 0.3) is 0 Å². The summed E-state index contributed by atoms with van der Waals surface area (Å²) in [5.74, 6) is 0.289. The van der Waals surface area contributed by atoms with Gasteiger partial charge in [0.1, 0.15) is 5.84 Å². The number of hydrogen-bond acceptors (Lipinski definition) is 3. The lowest BCUT2D eigenvalue weighted by Crippen LogP contribution is -2.14. The number of hydrogen-bond donors (Lipinski definition) is 5. The van der Waals surface area contributed by atoms with Gasteiger partial charge in [-0.3, -0.25) is 10.8 Å². The van der Waals surface area contributed by atoms with Crippen molar-refractivity contribution < 1.29 is 0 Å². The molecule has 1 aromatic carbocycles. The average molecular weight is 312 g/mol. The molecule has 0 aliphatic heterocycles. The molecule has 0 bridgehead atoms. The molecule has 0 aliphatic rings. The van der Waals surface area contributed by atoms with Crippen molar-refractivity contribution >= 4 is 11.7 Å². The Kier molecular flexibility index (Phi) is 31.1. The number of nitrogens with one attached hydrogen (secondary N) is 2. The fourth-order valence-corrected chi connectivity index (χ4v) is 0.889. The monoisotopic (exact) mass is 311 g/mol. The summed E-state index contributed by atoms with van der Waals surface area (Å²) in [6, 6.07) is 7.57.